The van der Waals surface area contributed by atoms with Crippen LogP contribution in [0.2, 0.25) is 0 Å². The SMILES string of the molecule is Cc1c([N+](=O)[O-])cnn1CC(=O)NC(C)c1ccccc1. The number of carbonyl (C=O) groups is 1. The summed E-state index contributed by atoms with van der Waals surface area (Å²) >= 11 is 0. The average molecular weight is 288 g/mol. The number of aromatic nitrogens is 2. The third-order valence-electron chi connectivity index (χ3n) is 3.24. The highest BCUT2D eigenvalue weighted by atomic mass is 16.6. The van der Waals surface area contributed by atoms with Crippen molar-refractivity contribution in [3.05, 3.63) is 57.9 Å². The summed E-state index contributed by atoms with van der Waals surface area (Å²) in [5, 5.41) is 17.4. The van der Waals surface area contributed by atoms with Gasteiger partial charge in [-0.25, -0.2) is 0 Å². The molecule has 0 aliphatic rings. The van der Waals surface area contributed by atoms with Crippen molar-refractivity contribution < 1.29 is 9.72 Å². The van der Waals surface area contributed by atoms with E-state index < -0.39 is 4.92 Å². The molecule has 1 N–H and O–H groups in total. The first-order valence-corrected chi connectivity index (χ1v) is 6.50. The van der Waals surface area contributed by atoms with E-state index in [9.17, 15) is 14.9 Å². The minimum Gasteiger partial charge on any atom is -0.348 e. The van der Waals surface area contributed by atoms with Crippen LogP contribution in [0.4, 0.5) is 5.69 Å². The second-order valence-electron chi connectivity index (χ2n) is 4.73. The molecule has 1 amide bonds. The van der Waals surface area contributed by atoms with Crippen LogP contribution in [0.5, 0.6) is 0 Å². The molecule has 0 radical (unpaired) electrons. The number of benzene rings is 1. The van der Waals surface area contributed by atoms with Crippen LogP contribution in [-0.4, -0.2) is 20.6 Å². The molecule has 1 aromatic carbocycles. The van der Waals surface area contributed by atoms with E-state index >= 15 is 0 Å². The van der Waals surface area contributed by atoms with E-state index in [1.165, 1.54) is 4.68 Å². The fourth-order valence-electron chi connectivity index (χ4n) is 2.02. The standard InChI is InChI=1S/C14H16N4O3/c1-10(12-6-4-3-5-7-12)16-14(19)9-17-11(2)13(8-15-17)18(20)21/h3-8,10H,9H2,1-2H3,(H,16,19). The predicted octanol–water partition coefficient (Wildman–Crippen LogP) is 1.98. The summed E-state index contributed by atoms with van der Waals surface area (Å²) in [5.74, 6) is -0.243. The summed E-state index contributed by atoms with van der Waals surface area (Å²) in [4.78, 5) is 22.2. The summed E-state index contributed by atoms with van der Waals surface area (Å²) in [6, 6.07) is 9.43. The smallest absolute Gasteiger partial charge is 0.309 e. The van der Waals surface area contributed by atoms with Crippen LogP contribution < -0.4 is 5.32 Å². The molecule has 2 rings (SSSR count). The third-order valence-corrected chi connectivity index (χ3v) is 3.24. The number of carbonyl (C=O) groups excluding carboxylic acids is 1. The van der Waals surface area contributed by atoms with Gasteiger partial charge in [-0.2, -0.15) is 5.10 Å². The molecular formula is C14H16N4O3. The monoisotopic (exact) mass is 288 g/mol. The minimum atomic E-state index is -0.511. The van der Waals surface area contributed by atoms with Crippen molar-refractivity contribution in [2.45, 2.75) is 26.4 Å². The zero-order chi connectivity index (χ0) is 15.4. The Labute approximate surface area is 121 Å². The lowest BCUT2D eigenvalue weighted by Gasteiger charge is -2.14. The first-order chi connectivity index (χ1) is 9.99. The molecule has 0 bridgehead atoms. The van der Waals surface area contributed by atoms with Crippen LogP contribution in [0.25, 0.3) is 0 Å². The van der Waals surface area contributed by atoms with Crippen LogP contribution in [0.1, 0.15) is 24.2 Å². The van der Waals surface area contributed by atoms with Crippen molar-refractivity contribution in [1.29, 1.82) is 0 Å². The maximum atomic E-state index is 12.0. The van der Waals surface area contributed by atoms with Crippen LogP contribution in [0.3, 0.4) is 0 Å². The Balaban J connectivity index is 2.01. The van der Waals surface area contributed by atoms with E-state index in [2.05, 4.69) is 10.4 Å². The predicted molar refractivity (Wildman–Crippen MR) is 76.6 cm³/mol. The fraction of sp³-hybridized carbons (Fsp3) is 0.286. The molecule has 21 heavy (non-hydrogen) atoms. The molecule has 0 saturated heterocycles. The van der Waals surface area contributed by atoms with Crippen LogP contribution in [0, 0.1) is 17.0 Å². The van der Waals surface area contributed by atoms with Crippen molar-refractivity contribution >= 4 is 11.6 Å². The van der Waals surface area contributed by atoms with E-state index in [0.717, 1.165) is 11.8 Å². The number of hydrogen-bond donors (Lipinski definition) is 1. The van der Waals surface area contributed by atoms with Gasteiger partial charge in [0.25, 0.3) is 0 Å². The third kappa shape index (κ3) is 3.44. The van der Waals surface area contributed by atoms with Gasteiger partial charge in [0, 0.05) is 0 Å². The van der Waals surface area contributed by atoms with E-state index in [1.54, 1.807) is 6.92 Å². The van der Waals surface area contributed by atoms with Gasteiger partial charge in [-0.3, -0.25) is 19.6 Å². The molecule has 1 unspecified atom stereocenters. The van der Waals surface area contributed by atoms with Crippen molar-refractivity contribution in [2.24, 2.45) is 0 Å². The maximum absolute atomic E-state index is 12.0. The highest BCUT2D eigenvalue weighted by Crippen LogP contribution is 2.16. The second-order valence-corrected chi connectivity index (χ2v) is 4.73. The molecule has 0 fully saturated rings. The fourth-order valence-corrected chi connectivity index (χ4v) is 2.02. The number of hydrogen-bond acceptors (Lipinski definition) is 4. The van der Waals surface area contributed by atoms with Gasteiger partial charge in [-0.05, 0) is 19.4 Å². The molecule has 1 aromatic heterocycles. The largest absolute Gasteiger partial charge is 0.348 e. The average Bonchev–Trinajstić information content (AvgIpc) is 2.81. The Hall–Kier alpha value is -2.70. The van der Waals surface area contributed by atoms with E-state index in [4.69, 9.17) is 0 Å². The molecule has 0 spiro atoms. The minimum absolute atomic E-state index is 0.0448. The molecule has 7 heteroatoms. The first-order valence-electron chi connectivity index (χ1n) is 6.50. The Bertz CT molecular complexity index is 651. The number of amides is 1. The first kappa shape index (κ1) is 14.7. The molecule has 0 aliphatic carbocycles. The summed E-state index contributed by atoms with van der Waals surface area (Å²) in [6.45, 7) is 3.40. The van der Waals surface area contributed by atoms with E-state index in [1.807, 2.05) is 37.3 Å². The summed E-state index contributed by atoms with van der Waals surface area (Å²) in [6.07, 6.45) is 1.16. The van der Waals surface area contributed by atoms with Gasteiger partial charge in [-0.15, -0.1) is 0 Å². The van der Waals surface area contributed by atoms with E-state index in [-0.39, 0.29) is 24.2 Å². The lowest BCUT2D eigenvalue weighted by atomic mass is 10.1. The number of nitro groups is 1. The lowest BCUT2D eigenvalue weighted by molar-refractivity contribution is -0.385. The quantitative estimate of drug-likeness (QED) is 0.672. The van der Waals surface area contributed by atoms with Gasteiger partial charge in [0.05, 0.1) is 11.0 Å². The molecule has 0 saturated carbocycles. The van der Waals surface area contributed by atoms with Crippen molar-refractivity contribution in [3.8, 4) is 0 Å². The Morgan fingerprint density at radius 1 is 1.43 bits per heavy atom. The molecule has 7 nitrogen and oxygen atoms in total. The highest BCUT2D eigenvalue weighted by Gasteiger charge is 2.18. The normalized spacial score (nSPS) is 11.9. The van der Waals surface area contributed by atoms with Crippen molar-refractivity contribution in [3.63, 3.8) is 0 Å². The maximum Gasteiger partial charge on any atom is 0.309 e. The molecular weight excluding hydrogens is 272 g/mol. The Morgan fingerprint density at radius 2 is 2.10 bits per heavy atom. The summed E-state index contributed by atoms with van der Waals surface area (Å²) in [5.41, 5.74) is 1.27. The Kier molecular flexibility index (Phi) is 4.32. The van der Waals surface area contributed by atoms with Crippen molar-refractivity contribution in [2.75, 3.05) is 0 Å². The Morgan fingerprint density at radius 3 is 2.67 bits per heavy atom. The highest BCUT2D eigenvalue weighted by molar-refractivity contribution is 5.76. The topological polar surface area (TPSA) is 90.1 Å². The van der Waals surface area contributed by atoms with Gasteiger partial charge in [0.2, 0.25) is 5.91 Å². The molecule has 1 heterocycles. The van der Waals surface area contributed by atoms with E-state index in [0.29, 0.717) is 5.69 Å². The number of nitrogens with zero attached hydrogens (tertiary/aromatic N) is 3. The molecule has 1 atom stereocenters. The molecule has 0 aliphatic heterocycles. The zero-order valence-electron chi connectivity index (χ0n) is 11.8. The summed E-state index contributed by atoms with van der Waals surface area (Å²) in [7, 11) is 0. The van der Waals surface area contributed by atoms with Crippen LogP contribution in [-0.2, 0) is 11.3 Å². The second kappa shape index (κ2) is 6.17. The number of nitrogens with one attached hydrogen (secondary N) is 1. The molecule has 2 aromatic rings. The van der Waals surface area contributed by atoms with Gasteiger partial charge >= 0.3 is 5.69 Å². The summed E-state index contributed by atoms with van der Waals surface area (Å²) < 4.78 is 1.32. The van der Waals surface area contributed by atoms with Crippen LogP contribution >= 0.6 is 0 Å². The number of rotatable bonds is 5. The van der Waals surface area contributed by atoms with Gasteiger partial charge in [0.15, 0.2) is 0 Å². The van der Waals surface area contributed by atoms with Crippen LogP contribution in [0.15, 0.2) is 36.5 Å². The zero-order valence-corrected chi connectivity index (χ0v) is 11.8. The van der Waals surface area contributed by atoms with Gasteiger partial charge in [0.1, 0.15) is 18.4 Å². The van der Waals surface area contributed by atoms with Gasteiger partial charge < -0.3 is 5.32 Å². The van der Waals surface area contributed by atoms with Crippen molar-refractivity contribution in [1.82, 2.24) is 15.1 Å². The molecule has 110 valence electrons. The van der Waals surface area contributed by atoms with Gasteiger partial charge in [-0.1, -0.05) is 30.3 Å². The lowest BCUT2D eigenvalue weighted by Crippen LogP contribution is -2.30.